The minimum absolute atomic E-state index is 0.234. The highest BCUT2D eigenvalue weighted by Gasteiger charge is 2.38. The number of pyridine rings is 1. The van der Waals surface area contributed by atoms with E-state index in [9.17, 15) is 0 Å². The minimum atomic E-state index is -0.234. The molecule has 0 bridgehead atoms. The summed E-state index contributed by atoms with van der Waals surface area (Å²) in [6, 6.07) is 63.6. The fraction of sp³-hybridized carbons (Fsp3) is 0.0536. The normalized spacial score (nSPS) is 13.6. The van der Waals surface area contributed by atoms with Gasteiger partial charge in [-0.1, -0.05) is 166 Å². The van der Waals surface area contributed by atoms with Gasteiger partial charge in [0.15, 0.2) is 0 Å². The maximum Gasteiger partial charge on any atom is 0.0746 e. The molecule has 11 aromatic carbocycles. The Hall–Kier alpha value is -7.09. The number of hydrogen-bond donors (Lipinski definition) is 0. The number of nitrogens with zero attached hydrogens (tertiary/aromatic N) is 1. The van der Waals surface area contributed by atoms with E-state index in [4.69, 9.17) is 4.98 Å². The van der Waals surface area contributed by atoms with Crippen molar-refractivity contribution in [2.75, 3.05) is 0 Å². The Morgan fingerprint density at radius 1 is 0.351 bits per heavy atom. The van der Waals surface area contributed by atoms with Crippen LogP contribution in [0.3, 0.4) is 0 Å². The van der Waals surface area contributed by atoms with Crippen LogP contribution in [0.2, 0.25) is 0 Å². The molecule has 0 spiro atoms. The van der Waals surface area contributed by atoms with E-state index in [0.717, 1.165) is 11.3 Å². The van der Waals surface area contributed by atoms with Crippen LogP contribution in [-0.4, -0.2) is 4.98 Å². The second-order valence-corrected chi connectivity index (χ2v) is 16.6. The standard InChI is InChI=1S/C56H35N/c1-56(2)49-30-47-39-17-6-4-15-37(39)36-14-3-5-16-38(36)46(47)29-48(49)55-50(56)28-35(31-57-55)52-40-18-7-9-20-42(40)54(43-21-10-8-19-41(43)52)45-27-25-34-23-22-32-12-11-13-33-24-26-44(45)53(34)51(32)33/h3-31H,1-2H3. The summed E-state index contributed by atoms with van der Waals surface area (Å²) in [6.45, 7) is 4.76. The molecular formula is C56H35N. The van der Waals surface area contributed by atoms with Crippen LogP contribution in [0.1, 0.15) is 25.0 Å². The molecule has 264 valence electrons. The van der Waals surface area contributed by atoms with Gasteiger partial charge in [0.2, 0.25) is 0 Å². The van der Waals surface area contributed by atoms with Crippen LogP contribution in [0.15, 0.2) is 176 Å². The Morgan fingerprint density at radius 3 is 1.46 bits per heavy atom. The molecule has 57 heavy (non-hydrogen) atoms. The summed E-state index contributed by atoms with van der Waals surface area (Å²) in [5.41, 5.74) is 9.69. The quantitative estimate of drug-likeness (QED) is 0.128. The van der Waals surface area contributed by atoms with Crippen molar-refractivity contribution in [1.29, 1.82) is 0 Å². The molecule has 0 amide bonds. The zero-order chi connectivity index (χ0) is 37.6. The zero-order valence-electron chi connectivity index (χ0n) is 31.7. The maximum absolute atomic E-state index is 5.40. The van der Waals surface area contributed by atoms with E-state index < -0.39 is 0 Å². The molecule has 1 heteroatoms. The van der Waals surface area contributed by atoms with Crippen LogP contribution in [0.5, 0.6) is 0 Å². The van der Waals surface area contributed by atoms with Crippen molar-refractivity contribution in [2.45, 2.75) is 19.3 Å². The van der Waals surface area contributed by atoms with Gasteiger partial charge >= 0.3 is 0 Å². The molecule has 0 saturated heterocycles. The molecule has 13 rings (SSSR count). The summed E-state index contributed by atoms with van der Waals surface area (Å²) in [5.74, 6) is 0. The lowest BCUT2D eigenvalue weighted by molar-refractivity contribution is 0.660. The first kappa shape index (κ1) is 31.2. The lowest BCUT2D eigenvalue weighted by Gasteiger charge is -2.23. The first-order valence-corrected chi connectivity index (χ1v) is 20.0. The van der Waals surface area contributed by atoms with Gasteiger partial charge in [0.1, 0.15) is 0 Å². The van der Waals surface area contributed by atoms with Gasteiger partial charge in [-0.3, -0.25) is 4.98 Å². The molecule has 0 aliphatic heterocycles. The summed E-state index contributed by atoms with van der Waals surface area (Å²) < 4.78 is 0. The van der Waals surface area contributed by atoms with Gasteiger partial charge in [-0.25, -0.2) is 0 Å². The highest BCUT2D eigenvalue weighted by molar-refractivity contribution is 6.30. The summed E-state index contributed by atoms with van der Waals surface area (Å²) in [7, 11) is 0. The highest BCUT2D eigenvalue weighted by atomic mass is 14.7. The van der Waals surface area contributed by atoms with Gasteiger partial charge in [0.05, 0.1) is 5.69 Å². The predicted octanol–water partition coefficient (Wildman–Crippen LogP) is 15.4. The van der Waals surface area contributed by atoms with Gasteiger partial charge in [0.25, 0.3) is 0 Å². The molecule has 12 aromatic rings. The molecule has 0 N–H and O–H groups in total. The van der Waals surface area contributed by atoms with E-state index in [1.54, 1.807) is 0 Å². The maximum atomic E-state index is 5.40. The molecule has 1 aromatic heterocycles. The van der Waals surface area contributed by atoms with Crippen molar-refractivity contribution in [2.24, 2.45) is 0 Å². The molecule has 1 heterocycles. The van der Waals surface area contributed by atoms with Crippen LogP contribution in [0, 0.1) is 0 Å². The number of fused-ring (bicyclic) bond motifs is 11. The third-order valence-electron chi connectivity index (χ3n) is 13.4. The first-order valence-electron chi connectivity index (χ1n) is 20.0. The van der Waals surface area contributed by atoms with Gasteiger partial charge in [-0.05, 0) is 132 Å². The largest absolute Gasteiger partial charge is 0.255 e. The SMILES string of the molecule is CC1(C)c2cc3c4ccccc4c4ccccc4c3cc2-c2ncc(-c3c4ccccc4c(-c4ccc5ccc6cccc7ccc4c5c67)c4ccccc34)cc21. The molecular weight excluding hydrogens is 687 g/mol. The monoisotopic (exact) mass is 721 g/mol. The topological polar surface area (TPSA) is 12.9 Å². The van der Waals surface area contributed by atoms with Crippen molar-refractivity contribution in [3.8, 4) is 33.5 Å². The molecule has 0 atom stereocenters. The van der Waals surface area contributed by atoms with Crippen molar-refractivity contribution >= 4 is 86.2 Å². The molecule has 1 aliphatic carbocycles. The third kappa shape index (κ3) is 4.06. The van der Waals surface area contributed by atoms with Crippen LogP contribution in [-0.2, 0) is 5.41 Å². The summed E-state index contributed by atoms with van der Waals surface area (Å²) in [6.07, 6.45) is 2.14. The molecule has 0 saturated carbocycles. The van der Waals surface area contributed by atoms with Crippen molar-refractivity contribution < 1.29 is 0 Å². The van der Waals surface area contributed by atoms with E-state index >= 15 is 0 Å². The average Bonchev–Trinajstić information content (AvgIpc) is 3.48. The number of rotatable bonds is 2. The highest BCUT2D eigenvalue weighted by Crippen LogP contribution is 2.53. The Bertz CT molecular complexity index is 3640. The molecule has 0 radical (unpaired) electrons. The number of hydrogen-bond acceptors (Lipinski definition) is 1. The van der Waals surface area contributed by atoms with Crippen LogP contribution >= 0.6 is 0 Å². The number of aromatic nitrogens is 1. The van der Waals surface area contributed by atoms with Crippen LogP contribution in [0.4, 0.5) is 0 Å². The zero-order valence-corrected chi connectivity index (χ0v) is 31.7. The second-order valence-electron chi connectivity index (χ2n) is 16.6. The van der Waals surface area contributed by atoms with Gasteiger partial charge < -0.3 is 0 Å². The Kier molecular flexibility index (Phi) is 6.03. The van der Waals surface area contributed by atoms with E-state index in [0.29, 0.717) is 0 Å². The summed E-state index contributed by atoms with van der Waals surface area (Å²) >= 11 is 0. The number of benzene rings is 11. The smallest absolute Gasteiger partial charge is 0.0746 e. The van der Waals surface area contributed by atoms with Crippen LogP contribution < -0.4 is 0 Å². The minimum Gasteiger partial charge on any atom is -0.255 e. The van der Waals surface area contributed by atoms with Crippen molar-refractivity contribution in [3.05, 3.63) is 187 Å². The fourth-order valence-electron chi connectivity index (χ4n) is 10.8. The predicted molar refractivity (Wildman–Crippen MR) is 244 cm³/mol. The Balaban J connectivity index is 1.06. The molecule has 1 nitrogen and oxygen atoms in total. The fourth-order valence-corrected chi connectivity index (χ4v) is 10.8. The average molecular weight is 722 g/mol. The van der Waals surface area contributed by atoms with E-state index in [2.05, 4.69) is 190 Å². The lowest BCUT2D eigenvalue weighted by atomic mass is 9.80. The van der Waals surface area contributed by atoms with E-state index in [1.807, 2.05) is 0 Å². The summed E-state index contributed by atoms with van der Waals surface area (Å²) in [4.78, 5) is 5.40. The van der Waals surface area contributed by atoms with E-state index in [1.165, 1.54) is 120 Å². The summed E-state index contributed by atoms with van der Waals surface area (Å²) in [5, 5.41) is 20.7. The molecule has 0 fully saturated rings. The van der Waals surface area contributed by atoms with Crippen molar-refractivity contribution in [3.63, 3.8) is 0 Å². The van der Waals surface area contributed by atoms with Crippen molar-refractivity contribution in [1.82, 2.24) is 4.98 Å². The lowest BCUT2D eigenvalue weighted by Crippen LogP contribution is -2.15. The first-order chi connectivity index (χ1) is 28.0. The second kappa shape index (κ2) is 11.0. The Morgan fingerprint density at radius 2 is 0.842 bits per heavy atom. The van der Waals surface area contributed by atoms with E-state index in [-0.39, 0.29) is 5.41 Å². The molecule has 1 aliphatic rings. The van der Waals surface area contributed by atoms with Gasteiger partial charge in [-0.2, -0.15) is 0 Å². The van der Waals surface area contributed by atoms with Crippen LogP contribution in [0.25, 0.3) is 120 Å². The van der Waals surface area contributed by atoms with Gasteiger partial charge in [0, 0.05) is 22.7 Å². The Labute approximate surface area is 329 Å². The van der Waals surface area contributed by atoms with Gasteiger partial charge in [-0.15, -0.1) is 0 Å². The third-order valence-corrected chi connectivity index (χ3v) is 13.4. The molecule has 0 unspecified atom stereocenters.